The first-order chi connectivity index (χ1) is 15.2. The van der Waals surface area contributed by atoms with E-state index in [0.717, 1.165) is 63.7 Å². The summed E-state index contributed by atoms with van der Waals surface area (Å²) in [4.78, 5) is 4.76. The summed E-state index contributed by atoms with van der Waals surface area (Å²) >= 11 is 0. The summed E-state index contributed by atoms with van der Waals surface area (Å²) in [6.07, 6.45) is 0.439. The fourth-order valence-electron chi connectivity index (χ4n) is 3.94. The molecule has 170 valence electrons. The lowest BCUT2D eigenvalue weighted by Crippen LogP contribution is -2.49. The van der Waals surface area contributed by atoms with Gasteiger partial charge in [0.2, 0.25) is 0 Å². The maximum atomic E-state index is 10.4. The number of hydrogen-bond acceptors (Lipinski definition) is 6. The molecule has 0 bridgehead atoms. The van der Waals surface area contributed by atoms with Crippen LogP contribution < -0.4 is 14.8 Å². The Bertz CT molecular complexity index is 778. The van der Waals surface area contributed by atoms with Crippen LogP contribution in [0.4, 0.5) is 0 Å². The predicted molar refractivity (Wildman–Crippen MR) is 125 cm³/mol. The zero-order valence-corrected chi connectivity index (χ0v) is 18.9. The predicted octanol–water partition coefficient (Wildman–Crippen LogP) is 2.40. The number of aliphatic hydroxyl groups is 1. The molecule has 1 unspecified atom stereocenters. The average Bonchev–Trinajstić information content (AvgIpc) is 2.81. The molecule has 1 saturated heterocycles. The van der Waals surface area contributed by atoms with Crippen molar-refractivity contribution in [2.45, 2.75) is 26.0 Å². The molecule has 2 aromatic rings. The van der Waals surface area contributed by atoms with Gasteiger partial charge in [-0.15, -0.1) is 0 Å². The van der Waals surface area contributed by atoms with Gasteiger partial charge in [-0.1, -0.05) is 37.3 Å². The normalized spacial score (nSPS) is 16.2. The quantitative estimate of drug-likeness (QED) is 0.508. The second kappa shape index (κ2) is 12.7. The molecule has 1 fully saturated rings. The SMILES string of the molecule is CCN1CCN(CC(O)COc2cccc(CNCCc3ccccc3OC)c2)CC1. The van der Waals surface area contributed by atoms with E-state index in [1.165, 1.54) is 11.1 Å². The minimum atomic E-state index is -0.476. The standard InChI is InChI=1S/C25H37N3O3/c1-3-27-13-15-28(16-14-27)19-23(29)20-31-24-9-6-7-21(17-24)18-26-12-11-22-8-4-5-10-25(22)30-2/h4-10,17,23,26,29H,3,11-16,18-20H2,1-2H3. The molecule has 1 aliphatic heterocycles. The Kier molecular flexibility index (Phi) is 9.62. The second-order valence-corrected chi connectivity index (χ2v) is 8.09. The van der Waals surface area contributed by atoms with Gasteiger partial charge in [-0.05, 0) is 48.8 Å². The molecule has 3 rings (SSSR count). The molecule has 0 aliphatic carbocycles. The van der Waals surface area contributed by atoms with Crippen LogP contribution in [0.5, 0.6) is 11.5 Å². The highest BCUT2D eigenvalue weighted by molar-refractivity contribution is 5.33. The van der Waals surface area contributed by atoms with Gasteiger partial charge in [0.1, 0.15) is 24.2 Å². The highest BCUT2D eigenvalue weighted by Gasteiger charge is 2.18. The third kappa shape index (κ3) is 7.82. The molecular formula is C25H37N3O3. The van der Waals surface area contributed by atoms with E-state index >= 15 is 0 Å². The minimum Gasteiger partial charge on any atom is -0.496 e. The number of benzene rings is 2. The summed E-state index contributed by atoms with van der Waals surface area (Å²) in [6, 6.07) is 16.2. The monoisotopic (exact) mass is 427 g/mol. The van der Waals surface area contributed by atoms with E-state index in [0.29, 0.717) is 13.2 Å². The van der Waals surface area contributed by atoms with E-state index in [2.05, 4.69) is 34.2 Å². The van der Waals surface area contributed by atoms with Crippen molar-refractivity contribution in [3.05, 3.63) is 59.7 Å². The molecule has 0 saturated carbocycles. The zero-order chi connectivity index (χ0) is 21.9. The van der Waals surface area contributed by atoms with Gasteiger partial charge in [-0.25, -0.2) is 0 Å². The van der Waals surface area contributed by atoms with E-state index in [-0.39, 0.29) is 0 Å². The van der Waals surface area contributed by atoms with Gasteiger partial charge < -0.3 is 24.8 Å². The lowest BCUT2D eigenvalue weighted by molar-refractivity contribution is 0.0471. The largest absolute Gasteiger partial charge is 0.496 e. The number of piperazine rings is 1. The van der Waals surface area contributed by atoms with Crippen LogP contribution in [0.3, 0.4) is 0 Å². The maximum Gasteiger partial charge on any atom is 0.122 e. The van der Waals surface area contributed by atoms with Crippen molar-refractivity contribution in [1.29, 1.82) is 0 Å². The Hall–Kier alpha value is -2.12. The van der Waals surface area contributed by atoms with Crippen LogP contribution in [0.1, 0.15) is 18.1 Å². The van der Waals surface area contributed by atoms with Crippen molar-refractivity contribution in [3.8, 4) is 11.5 Å². The van der Waals surface area contributed by atoms with Gasteiger partial charge in [0.15, 0.2) is 0 Å². The van der Waals surface area contributed by atoms with Crippen molar-refractivity contribution < 1.29 is 14.6 Å². The Labute approximate surface area is 186 Å². The molecule has 0 aromatic heterocycles. The lowest BCUT2D eigenvalue weighted by Gasteiger charge is -2.34. The molecule has 31 heavy (non-hydrogen) atoms. The van der Waals surface area contributed by atoms with Gasteiger partial charge in [-0.2, -0.15) is 0 Å². The summed E-state index contributed by atoms with van der Waals surface area (Å²) < 4.78 is 11.3. The number of aliphatic hydroxyl groups excluding tert-OH is 1. The second-order valence-electron chi connectivity index (χ2n) is 8.09. The van der Waals surface area contributed by atoms with E-state index in [1.54, 1.807) is 7.11 Å². The van der Waals surface area contributed by atoms with Gasteiger partial charge >= 0.3 is 0 Å². The Morgan fingerprint density at radius 3 is 2.58 bits per heavy atom. The number of likely N-dealkylation sites (N-methyl/N-ethyl adjacent to an activating group) is 1. The van der Waals surface area contributed by atoms with Gasteiger partial charge in [-0.3, -0.25) is 4.90 Å². The van der Waals surface area contributed by atoms with E-state index in [9.17, 15) is 5.11 Å². The first-order valence-electron chi connectivity index (χ1n) is 11.3. The maximum absolute atomic E-state index is 10.4. The van der Waals surface area contributed by atoms with Crippen LogP contribution in [0.2, 0.25) is 0 Å². The number of rotatable bonds is 12. The van der Waals surface area contributed by atoms with Crippen LogP contribution >= 0.6 is 0 Å². The molecule has 0 spiro atoms. The van der Waals surface area contributed by atoms with Gasteiger partial charge in [0.25, 0.3) is 0 Å². The van der Waals surface area contributed by atoms with Crippen LogP contribution in [0.25, 0.3) is 0 Å². The topological polar surface area (TPSA) is 57.2 Å². The van der Waals surface area contributed by atoms with Crippen LogP contribution in [0.15, 0.2) is 48.5 Å². The van der Waals surface area contributed by atoms with Gasteiger partial charge in [0, 0.05) is 39.3 Å². The molecule has 2 N–H and O–H groups in total. The summed E-state index contributed by atoms with van der Waals surface area (Å²) in [6.45, 7) is 10.1. The summed E-state index contributed by atoms with van der Waals surface area (Å²) in [5.74, 6) is 1.74. The van der Waals surface area contributed by atoms with E-state index in [1.807, 2.05) is 36.4 Å². The van der Waals surface area contributed by atoms with Crippen LogP contribution in [0, 0.1) is 0 Å². The fourth-order valence-corrected chi connectivity index (χ4v) is 3.94. The fraction of sp³-hybridized carbons (Fsp3) is 0.520. The zero-order valence-electron chi connectivity index (χ0n) is 18.9. The molecule has 2 aromatic carbocycles. The highest BCUT2D eigenvalue weighted by atomic mass is 16.5. The molecule has 6 nitrogen and oxygen atoms in total. The van der Waals surface area contributed by atoms with Crippen molar-refractivity contribution in [1.82, 2.24) is 15.1 Å². The third-order valence-electron chi connectivity index (χ3n) is 5.81. The smallest absolute Gasteiger partial charge is 0.122 e. The number of β-amino-alcohol motifs (C(OH)–C–C–N with tert-alkyl or cyclic N) is 1. The Morgan fingerprint density at radius 1 is 1.03 bits per heavy atom. The first-order valence-corrected chi connectivity index (χ1v) is 11.3. The highest BCUT2D eigenvalue weighted by Crippen LogP contribution is 2.17. The summed E-state index contributed by atoms with van der Waals surface area (Å²) in [5, 5.41) is 13.9. The first kappa shape index (κ1) is 23.5. The molecule has 1 aliphatic rings. The van der Waals surface area contributed by atoms with Gasteiger partial charge in [0.05, 0.1) is 7.11 Å². The number of methoxy groups -OCH3 is 1. The molecule has 0 radical (unpaired) electrons. The van der Waals surface area contributed by atoms with E-state index in [4.69, 9.17) is 9.47 Å². The molecule has 1 heterocycles. The summed E-state index contributed by atoms with van der Waals surface area (Å²) in [7, 11) is 1.71. The van der Waals surface area contributed by atoms with Crippen molar-refractivity contribution in [2.75, 3.05) is 59.5 Å². The average molecular weight is 428 g/mol. The van der Waals surface area contributed by atoms with E-state index < -0.39 is 6.10 Å². The van der Waals surface area contributed by atoms with Crippen molar-refractivity contribution >= 4 is 0 Å². The molecular weight excluding hydrogens is 390 g/mol. The van der Waals surface area contributed by atoms with Crippen LogP contribution in [-0.4, -0.2) is 80.5 Å². The van der Waals surface area contributed by atoms with Crippen molar-refractivity contribution in [3.63, 3.8) is 0 Å². The molecule has 6 heteroatoms. The summed E-state index contributed by atoms with van der Waals surface area (Å²) in [5.41, 5.74) is 2.38. The third-order valence-corrected chi connectivity index (χ3v) is 5.81. The molecule has 0 amide bonds. The number of para-hydroxylation sites is 1. The van der Waals surface area contributed by atoms with Crippen LogP contribution in [-0.2, 0) is 13.0 Å². The number of hydrogen-bond donors (Lipinski definition) is 2. The molecule has 1 atom stereocenters. The lowest BCUT2D eigenvalue weighted by atomic mass is 10.1. The number of ether oxygens (including phenoxy) is 2. The van der Waals surface area contributed by atoms with Crippen molar-refractivity contribution in [2.24, 2.45) is 0 Å². The number of nitrogens with one attached hydrogen (secondary N) is 1. The Morgan fingerprint density at radius 2 is 1.81 bits per heavy atom. The Balaban J connectivity index is 1.36. The number of nitrogens with zero attached hydrogens (tertiary/aromatic N) is 2. The minimum absolute atomic E-state index is 0.318.